The predicted molar refractivity (Wildman–Crippen MR) is 100.0 cm³/mol. The van der Waals surface area contributed by atoms with Gasteiger partial charge in [0, 0.05) is 12.7 Å². The number of carbonyl (C=O) groups is 1. The van der Waals surface area contributed by atoms with Gasteiger partial charge in [0.1, 0.15) is 5.60 Å². The van der Waals surface area contributed by atoms with E-state index in [1.165, 1.54) is 0 Å². The fraction of sp³-hybridized carbons (Fsp3) is 0.700. The monoisotopic (exact) mass is 348 g/mol. The number of amides is 1. The Hall–Kier alpha value is -1.62. The van der Waals surface area contributed by atoms with Gasteiger partial charge >= 0.3 is 0 Å². The van der Waals surface area contributed by atoms with Crippen LogP contribution in [-0.4, -0.2) is 29.7 Å². The molecule has 5 nitrogen and oxygen atoms in total. The van der Waals surface area contributed by atoms with Gasteiger partial charge in [-0.3, -0.25) is 4.79 Å². The Kier molecular flexibility index (Phi) is 7.24. The Balaban J connectivity index is 2.07. The lowest BCUT2D eigenvalue weighted by atomic mass is 9.78. The molecule has 140 valence electrons. The fourth-order valence-corrected chi connectivity index (χ4v) is 3.49. The maximum absolute atomic E-state index is 13.0. The lowest BCUT2D eigenvalue weighted by Gasteiger charge is -2.38. The molecular weight excluding hydrogens is 316 g/mol. The topological polar surface area (TPSA) is 60.5 Å². The number of carbonyl (C=O) groups excluding carboxylic acids is 1. The number of aryl methyl sites for hydroxylation is 1. The molecule has 0 bridgehead atoms. The van der Waals surface area contributed by atoms with E-state index in [1.807, 2.05) is 26.0 Å². The zero-order chi connectivity index (χ0) is 18.3. The summed E-state index contributed by atoms with van der Waals surface area (Å²) in [7, 11) is 0. The summed E-state index contributed by atoms with van der Waals surface area (Å²) in [6.07, 6.45) is 5.83. The molecule has 1 amide bonds. The molecule has 1 fully saturated rings. The highest BCUT2D eigenvalue weighted by atomic mass is 16.5. The van der Waals surface area contributed by atoms with Crippen LogP contribution in [0.3, 0.4) is 0 Å². The van der Waals surface area contributed by atoms with Crippen molar-refractivity contribution in [2.24, 2.45) is 5.92 Å². The number of pyridine rings is 1. The van der Waals surface area contributed by atoms with Gasteiger partial charge in [-0.15, -0.1) is 0 Å². The molecule has 1 N–H and O–H groups in total. The molecule has 1 heterocycles. The first kappa shape index (κ1) is 19.7. The second-order valence-corrected chi connectivity index (χ2v) is 7.07. The smallest absolute Gasteiger partial charge is 0.256 e. The third-order valence-corrected chi connectivity index (χ3v) is 4.85. The van der Waals surface area contributed by atoms with Crippen LogP contribution in [0, 0.1) is 12.8 Å². The van der Waals surface area contributed by atoms with E-state index in [0.29, 0.717) is 25.0 Å². The molecule has 1 aromatic heterocycles. The largest absolute Gasteiger partial charge is 0.478 e. The summed E-state index contributed by atoms with van der Waals surface area (Å²) >= 11 is 0. The number of nitrogens with zero attached hydrogens (tertiary/aromatic N) is 1. The lowest BCUT2D eigenvalue weighted by molar-refractivity contribution is -0.147. The average Bonchev–Trinajstić information content (AvgIpc) is 2.57. The molecule has 0 aliphatic heterocycles. The minimum atomic E-state index is -0.713. The molecule has 1 aliphatic rings. The standard InChI is InChI=1S/C20H32N2O3/c1-5-7-13-24-18-11-10-17(16(4)21-18)22-19(23)20(25-6-2)12-8-9-15(3)14-20/h10-11,15H,5-9,12-14H2,1-4H3,(H,22,23)/t15-,20-/m0/s1. The van der Waals surface area contributed by atoms with Gasteiger partial charge in [0.2, 0.25) is 5.88 Å². The van der Waals surface area contributed by atoms with Crippen LogP contribution in [0.5, 0.6) is 5.88 Å². The van der Waals surface area contributed by atoms with Crippen LogP contribution < -0.4 is 10.1 Å². The molecule has 0 unspecified atom stereocenters. The molecule has 0 aromatic carbocycles. The third kappa shape index (κ3) is 5.18. The zero-order valence-corrected chi connectivity index (χ0v) is 16.1. The first-order chi connectivity index (χ1) is 12.0. The van der Waals surface area contributed by atoms with Crippen molar-refractivity contribution in [2.45, 2.75) is 71.8 Å². The summed E-state index contributed by atoms with van der Waals surface area (Å²) in [4.78, 5) is 17.4. The first-order valence-electron chi connectivity index (χ1n) is 9.56. The van der Waals surface area contributed by atoms with Crippen molar-refractivity contribution in [3.63, 3.8) is 0 Å². The highest BCUT2D eigenvalue weighted by Gasteiger charge is 2.42. The molecule has 1 aromatic rings. The van der Waals surface area contributed by atoms with Crippen molar-refractivity contribution in [2.75, 3.05) is 18.5 Å². The molecule has 1 saturated carbocycles. The average molecular weight is 348 g/mol. The predicted octanol–water partition coefficient (Wildman–Crippen LogP) is 4.49. The van der Waals surface area contributed by atoms with Crippen molar-refractivity contribution in [1.82, 2.24) is 4.98 Å². The Labute approximate surface area is 151 Å². The Morgan fingerprint density at radius 1 is 1.40 bits per heavy atom. The highest BCUT2D eigenvalue weighted by Crippen LogP contribution is 2.36. The number of nitrogens with one attached hydrogen (secondary N) is 1. The molecule has 2 rings (SSSR count). The summed E-state index contributed by atoms with van der Waals surface area (Å²) in [5.41, 5.74) is 0.776. The van der Waals surface area contributed by atoms with E-state index >= 15 is 0 Å². The molecular formula is C20H32N2O3. The normalized spacial score (nSPS) is 23.3. The first-order valence-corrected chi connectivity index (χ1v) is 9.56. The van der Waals surface area contributed by atoms with E-state index in [2.05, 4.69) is 24.1 Å². The SMILES string of the molecule is CCCCOc1ccc(NC(=O)[C@]2(OCC)CCC[C@H](C)C2)c(C)n1. The summed E-state index contributed by atoms with van der Waals surface area (Å²) in [6, 6.07) is 3.68. The molecule has 0 radical (unpaired) electrons. The van der Waals surface area contributed by atoms with Crippen molar-refractivity contribution in [3.8, 4) is 5.88 Å². The Bertz CT molecular complexity index is 572. The third-order valence-electron chi connectivity index (χ3n) is 4.85. The number of rotatable bonds is 8. The summed E-state index contributed by atoms with van der Waals surface area (Å²) in [6.45, 7) is 9.36. The summed E-state index contributed by atoms with van der Waals surface area (Å²) < 4.78 is 11.6. The van der Waals surface area contributed by atoms with E-state index in [0.717, 1.165) is 49.9 Å². The van der Waals surface area contributed by atoms with Crippen molar-refractivity contribution >= 4 is 11.6 Å². The lowest BCUT2D eigenvalue weighted by Crippen LogP contribution is -2.48. The maximum atomic E-state index is 13.0. The van der Waals surface area contributed by atoms with E-state index in [1.54, 1.807) is 0 Å². The number of hydrogen-bond acceptors (Lipinski definition) is 4. The van der Waals surface area contributed by atoms with Crippen LogP contribution in [0.4, 0.5) is 5.69 Å². The summed E-state index contributed by atoms with van der Waals surface area (Å²) in [5, 5.41) is 3.04. The number of anilines is 1. The van der Waals surface area contributed by atoms with Gasteiger partial charge in [0.15, 0.2) is 0 Å². The van der Waals surface area contributed by atoms with Gasteiger partial charge in [0.05, 0.1) is 18.0 Å². The van der Waals surface area contributed by atoms with Crippen LogP contribution in [-0.2, 0) is 9.53 Å². The van der Waals surface area contributed by atoms with Gasteiger partial charge in [-0.2, -0.15) is 0 Å². The quantitative estimate of drug-likeness (QED) is 0.703. The molecule has 25 heavy (non-hydrogen) atoms. The minimum absolute atomic E-state index is 0.0505. The fourth-order valence-electron chi connectivity index (χ4n) is 3.49. The van der Waals surface area contributed by atoms with E-state index in [4.69, 9.17) is 9.47 Å². The molecule has 1 aliphatic carbocycles. The molecule has 5 heteroatoms. The van der Waals surface area contributed by atoms with Gasteiger partial charge < -0.3 is 14.8 Å². The van der Waals surface area contributed by atoms with Gasteiger partial charge in [-0.1, -0.05) is 26.7 Å². The van der Waals surface area contributed by atoms with E-state index in [9.17, 15) is 4.79 Å². The second kappa shape index (κ2) is 9.18. The maximum Gasteiger partial charge on any atom is 0.256 e. The van der Waals surface area contributed by atoms with Crippen LogP contribution in [0.1, 0.15) is 65.0 Å². The Morgan fingerprint density at radius 2 is 2.20 bits per heavy atom. The number of ether oxygens (including phenoxy) is 2. The highest BCUT2D eigenvalue weighted by molar-refractivity contribution is 5.97. The van der Waals surface area contributed by atoms with Crippen LogP contribution >= 0.6 is 0 Å². The second-order valence-electron chi connectivity index (χ2n) is 7.07. The zero-order valence-electron chi connectivity index (χ0n) is 16.1. The minimum Gasteiger partial charge on any atom is -0.478 e. The van der Waals surface area contributed by atoms with E-state index < -0.39 is 5.60 Å². The van der Waals surface area contributed by atoms with Crippen molar-refractivity contribution in [3.05, 3.63) is 17.8 Å². The molecule has 2 atom stereocenters. The van der Waals surface area contributed by atoms with Gasteiger partial charge in [-0.25, -0.2) is 4.98 Å². The van der Waals surface area contributed by atoms with Crippen LogP contribution in [0.2, 0.25) is 0 Å². The number of unbranched alkanes of at least 4 members (excludes halogenated alkanes) is 1. The van der Waals surface area contributed by atoms with Gasteiger partial charge in [-0.05, 0) is 51.5 Å². The molecule has 0 spiro atoms. The van der Waals surface area contributed by atoms with Crippen molar-refractivity contribution in [1.29, 1.82) is 0 Å². The number of hydrogen-bond donors (Lipinski definition) is 1. The van der Waals surface area contributed by atoms with Crippen LogP contribution in [0.25, 0.3) is 0 Å². The summed E-state index contributed by atoms with van der Waals surface area (Å²) in [5.74, 6) is 1.06. The van der Waals surface area contributed by atoms with E-state index in [-0.39, 0.29) is 5.91 Å². The van der Waals surface area contributed by atoms with Crippen molar-refractivity contribution < 1.29 is 14.3 Å². The Morgan fingerprint density at radius 3 is 2.84 bits per heavy atom. The number of aromatic nitrogens is 1. The molecule has 0 saturated heterocycles. The van der Waals surface area contributed by atoms with Crippen LogP contribution in [0.15, 0.2) is 12.1 Å². The van der Waals surface area contributed by atoms with Gasteiger partial charge in [0.25, 0.3) is 5.91 Å².